The first-order valence-corrected chi connectivity index (χ1v) is 4.78. The third-order valence-corrected chi connectivity index (χ3v) is 2.59. The third-order valence-electron chi connectivity index (χ3n) is 2.59. The molecule has 0 aromatic carbocycles. The molecular weight excluding hydrogens is 195 g/mol. The molecule has 0 bridgehead atoms. The van der Waals surface area contributed by atoms with Crippen LogP contribution in [-0.4, -0.2) is 42.4 Å². The highest BCUT2D eigenvalue weighted by molar-refractivity contribution is 4.86. The molecule has 84 valence electrons. The maximum absolute atomic E-state index is 12.5. The Balaban J connectivity index is 2.71. The summed E-state index contributed by atoms with van der Waals surface area (Å²) in [4.78, 5) is 1.82. The van der Waals surface area contributed by atoms with E-state index in [9.17, 15) is 13.2 Å². The van der Waals surface area contributed by atoms with Gasteiger partial charge in [0.15, 0.2) is 6.10 Å². The van der Waals surface area contributed by atoms with Gasteiger partial charge >= 0.3 is 6.18 Å². The molecule has 0 amide bonds. The Kier molecular flexibility index (Phi) is 3.42. The molecule has 0 spiro atoms. The third kappa shape index (κ3) is 2.39. The molecule has 1 aliphatic heterocycles. The van der Waals surface area contributed by atoms with Crippen molar-refractivity contribution in [3.05, 3.63) is 0 Å². The Morgan fingerprint density at radius 3 is 2.36 bits per heavy atom. The molecule has 1 aliphatic rings. The van der Waals surface area contributed by atoms with Crippen LogP contribution >= 0.6 is 0 Å². The Bertz CT molecular complexity index is 193. The van der Waals surface area contributed by atoms with E-state index in [-0.39, 0.29) is 12.6 Å². The molecule has 2 atom stereocenters. The van der Waals surface area contributed by atoms with E-state index in [2.05, 4.69) is 0 Å². The molecule has 1 fully saturated rings. The molecule has 0 N–H and O–H groups in total. The van der Waals surface area contributed by atoms with Gasteiger partial charge in [-0.1, -0.05) is 0 Å². The fourth-order valence-electron chi connectivity index (χ4n) is 1.90. The summed E-state index contributed by atoms with van der Waals surface area (Å²) in [5, 5.41) is 0. The summed E-state index contributed by atoms with van der Waals surface area (Å²) < 4.78 is 42.2. The summed E-state index contributed by atoms with van der Waals surface area (Å²) in [6.45, 7) is 6.10. The van der Waals surface area contributed by atoms with Gasteiger partial charge in [0, 0.05) is 18.6 Å². The number of hydrogen-bond donors (Lipinski definition) is 0. The average Bonchev–Trinajstić information content (AvgIpc) is 2.01. The van der Waals surface area contributed by atoms with Gasteiger partial charge in [-0.15, -0.1) is 0 Å². The van der Waals surface area contributed by atoms with E-state index in [1.807, 2.05) is 18.7 Å². The maximum Gasteiger partial charge on any atom is 0.416 e. The van der Waals surface area contributed by atoms with Crippen molar-refractivity contribution in [2.24, 2.45) is 0 Å². The van der Waals surface area contributed by atoms with E-state index >= 15 is 0 Å². The van der Waals surface area contributed by atoms with E-state index in [1.54, 1.807) is 6.92 Å². The van der Waals surface area contributed by atoms with E-state index < -0.39 is 18.3 Å². The first kappa shape index (κ1) is 11.8. The van der Waals surface area contributed by atoms with Crippen molar-refractivity contribution in [3.8, 4) is 0 Å². The van der Waals surface area contributed by atoms with Gasteiger partial charge in [-0.05, 0) is 20.8 Å². The lowest BCUT2D eigenvalue weighted by atomic mass is 10.1. The standard InChI is InChI=1S/C9H16F3NO/c1-6(2)13-4-5-14-8(7(13)3)9(10,11)12/h6-8H,4-5H2,1-3H3. The van der Waals surface area contributed by atoms with Crippen LogP contribution in [0, 0.1) is 0 Å². The molecular formula is C9H16F3NO. The van der Waals surface area contributed by atoms with Gasteiger partial charge in [-0.2, -0.15) is 13.2 Å². The molecule has 2 nitrogen and oxygen atoms in total. The smallest absolute Gasteiger partial charge is 0.366 e. The quantitative estimate of drug-likeness (QED) is 0.658. The average molecular weight is 211 g/mol. The Labute approximate surface area is 82.0 Å². The van der Waals surface area contributed by atoms with Crippen LogP contribution in [0.3, 0.4) is 0 Å². The summed E-state index contributed by atoms with van der Waals surface area (Å²) in [6.07, 6.45) is -5.90. The number of nitrogens with zero attached hydrogens (tertiary/aromatic N) is 1. The van der Waals surface area contributed by atoms with Crippen molar-refractivity contribution in [1.29, 1.82) is 0 Å². The molecule has 0 radical (unpaired) electrons. The van der Waals surface area contributed by atoms with E-state index in [0.717, 1.165) is 0 Å². The van der Waals surface area contributed by atoms with Crippen LogP contribution in [0.15, 0.2) is 0 Å². The summed E-state index contributed by atoms with van der Waals surface area (Å²) in [5.41, 5.74) is 0. The highest BCUT2D eigenvalue weighted by atomic mass is 19.4. The zero-order valence-corrected chi connectivity index (χ0v) is 8.64. The summed E-state index contributed by atoms with van der Waals surface area (Å²) in [6, 6.07) is -0.470. The normalized spacial score (nSPS) is 31.1. The van der Waals surface area contributed by atoms with Gasteiger partial charge in [0.25, 0.3) is 0 Å². The zero-order chi connectivity index (χ0) is 10.9. The SMILES string of the molecule is CC(C)N1CCOC(C(F)(F)F)C1C. The van der Waals surface area contributed by atoms with Crippen LogP contribution in [0.1, 0.15) is 20.8 Å². The van der Waals surface area contributed by atoms with Gasteiger partial charge in [-0.25, -0.2) is 0 Å². The monoisotopic (exact) mass is 211 g/mol. The summed E-state index contributed by atoms with van der Waals surface area (Å²) in [5.74, 6) is 0. The molecule has 0 aliphatic carbocycles. The van der Waals surface area contributed by atoms with Crippen LogP contribution in [0.5, 0.6) is 0 Å². The first-order chi connectivity index (χ1) is 6.34. The van der Waals surface area contributed by atoms with Gasteiger partial charge in [-0.3, -0.25) is 4.90 Å². The second-order valence-electron chi connectivity index (χ2n) is 3.91. The molecule has 0 saturated carbocycles. The fourth-order valence-corrected chi connectivity index (χ4v) is 1.90. The second kappa shape index (κ2) is 4.06. The largest absolute Gasteiger partial charge is 0.416 e. The number of halogens is 3. The minimum atomic E-state index is -4.26. The van der Waals surface area contributed by atoms with Gasteiger partial charge in [0.2, 0.25) is 0 Å². The minimum Gasteiger partial charge on any atom is -0.366 e. The molecule has 1 heterocycles. The fraction of sp³-hybridized carbons (Fsp3) is 1.00. The Morgan fingerprint density at radius 1 is 1.36 bits per heavy atom. The van der Waals surface area contributed by atoms with E-state index in [0.29, 0.717) is 6.54 Å². The van der Waals surface area contributed by atoms with Crippen LogP contribution in [-0.2, 0) is 4.74 Å². The van der Waals surface area contributed by atoms with Crippen LogP contribution in [0.2, 0.25) is 0 Å². The van der Waals surface area contributed by atoms with E-state index in [4.69, 9.17) is 4.74 Å². The molecule has 1 saturated heterocycles. The van der Waals surface area contributed by atoms with Gasteiger partial charge in [0.1, 0.15) is 0 Å². The lowest BCUT2D eigenvalue weighted by Crippen LogP contribution is -2.57. The molecule has 14 heavy (non-hydrogen) atoms. The highest BCUT2D eigenvalue weighted by Gasteiger charge is 2.48. The molecule has 1 rings (SSSR count). The van der Waals surface area contributed by atoms with Crippen molar-refractivity contribution in [1.82, 2.24) is 4.90 Å². The zero-order valence-electron chi connectivity index (χ0n) is 8.64. The predicted octanol–water partition coefficient (Wildman–Crippen LogP) is 2.05. The Morgan fingerprint density at radius 2 is 1.93 bits per heavy atom. The number of rotatable bonds is 1. The topological polar surface area (TPSA) is 12.5 Å². The molecule has 2 unspecified atom stereocenters. The lowest BCUT2D eigenvalue weighted by Gasteiger charge is -2.42. The summed E-state index contributed by atoms with van der Waals surface area (Å²) >= 11 is 0. The number of morpholine rings is 1. The number of alkyl halides is 3. The van der Waals surface area contributed by atoms with Crippen molar-refractivity contribution in [3.63, 3.8) is 0 Å². The van der Waals surface area contributed by atoms with Crippen molar-refractivity contribution in [2.45, 2.75) is 45.1 Å². The van der Waals surface area contributed by atoms with Crippen molar-refractivity contribution in [2.75, 3.05) is 13.2 Å². The Hall–Kier alpha value is -0.290. The summed E-state index contributed by atoms with van der Waals surface area (Å²) in [7, 11) is 0. The molecule has 0 aromatic rings. The molecule has 0 aromatic heterocycles. The van der Waals surface area contributed by atoms with E-state index in [1.165, 1.54) is 0 Å². The van der Waals surface area contributed by atoms with Crippen molar-refractivity contribution < 1.29 is 17.9 Å². The molecule has 5 heteroatoms. The van der Waals surface area contributed by atoms with Crippen LogP contribution in [0.4, 0.5) is 13.2 Å². The highest BCUT2D eigenvalue weighted by Crippen LogP contribution is 2.30. The number of hydrogen-bond acceptors (Lipinski definition) is 2. The lowest BCUT2D eigenvalue weighted by molar-refractivity contribution is -0.253. The number of ether oxygens (including phenoxy) is 1. The van der Waals surface area contributed by atoms with Gasteiger partial charge in [0.05, 0.1) is 6.61 Å². The van der Waals surface area contributed by atoms with Gasteiger partial charge < -0.3 is 4.74 Å². The maximum atomic E-state index is 12.5. The second-order valence-corrected chi connectivity index (χ2v) is 3.91. The van der Waals surface area contributed by atoms with Crippen LogP contribution < -0.4 is 0 Å². The predicted molar refractivity (Wildman–Crippen MR) is 47.1 cm³/mol. The minimum absolute atomic E-state index is 0.124. The van der Waals surface area contributed by atoms with Crippen molar-refractivity contribution >= 4 is 0 Å². The van der Waals surface area contributed by atoms with Crippen LogP contribution in [0.25, 0.3) is 0 Å². The first-order valence-electron chi connectivity index (χ1n) is 4.78.